The van der Waals surface area contributed by atoms with Crippen LogP contribution in [-0.4, -0.2) is 75.5 Å². The van der Waals surface area contributed by atoms with Crippen LogP contribution in [0.5, 0.6) is 0 Å². The summed E-state index contributed by atoms with van der Waals surface area (Å²) in [7, 11) is 1.71. The minimum absolute atomic E-state index is 0.104. The van der Waals surface area contributed by atoms with Crippen LogP contribution >= 0.6 is 0 Å². The molecule has 0 aromatic heterocycles. The number of ether oxygens (including phenoxy) is 2. The Bertz CT molecular complexity index is 273. The van der Waals surface area contributed by atoms with Crippen molar-refractivity contribution in [1.82, 2.24) is 9.80 Å². The van der Waals surface area contributed by atoms with Gasteiger partial charge in [0.25, 0.3) is 0 Å². The second kappa shape index (κ2) is 11.0. The summed E-state index contributed by atoms with van der Waals surface area (Å²) in [4.78, 5) is 4.74. The molecule has 0 amide bonds. The van der Waals surface area contributed by atoms with Crippen LogP contribution in [0.4, 0.5) is 0 Å². The van der Waals surface area contributed by atoms with E-state index < -0.39 is 0 Å². The average Bonchev–Trinajstić information content (AvgIpc) is 2.49. The van der Waals surface area contributed by atoms with Gasteiger partial charge in [-0.3, -0.25) is 9.80 Å². The summed E-state index contributed by atoms with van der Waals surface area (Å²) in [5, 5.41) is 9.18. The highest BCUT2D eigenvalue weighted by atomic mass is 16.5. The lowest BCUT2D eigenvalue weighted by Crippen LogP contribution is -2.50. The standard InChI is InChI=1S/C15H29N3O2/c1-3-5-15(14-16)18-8-6-17(7-9-18)10-13-20-12-4-11-19-2/h15H,3-13H2,1-2H3. The van der Waals surface area contributed by atoms with Crippen LogP contribution in [0.1, 0.15) is 26.2 Å². The van der Waals surface area contributed by atoms with Crippen LogP contribution in [0, 0.1) is 11.3 Å². The van der Waals surface area contributed by atoms with Crippen molar-refractivity contribution in [3.05, 3.63) is 0 Å². The van der Waals surface area contributed by atoms with Crippen LogP contribution in [-0.2, 0) is 9.47 Å². The maximum absolute atomic E-state index is 9.18. The van der Waals surface area contributed by atoms with Crippen molar-refractivity contribution in [2.75, 3.05) is 59.7 Å². The minimum Gasteiger partial charge on any atom is -0.385 e. The van der Waals surface area contributed by atoms with Gasteiger partial charge >= 0.3 is 0 Å². The Morgan fingerprint density at radius 3 is 2.50 bits per heavy atom. The molecule has 5 nitrogen and oxygen atoms in total. The molecule has 1 saturated heterocycles. The Morgan fingerprint density at radius 2 is 1.90 bits per heavy atom. The number of methoxy groups -OCH3 is 1. The monoisotopic (exact) mass is 283 g/mol. The second-order valence-corrected chi connectivity index (χ2v) is 5.27. The number of rotatable bonds is 10. The molecule has 0 spiro atoms. The van der Waals surface area contributed by atoms with Crippen molar-refractivity contribution in [2.24, 2.45) is 0 Å². The van der Waals surface area contributed by atoms with Gasteiger partial charge in [0, 0.05) is 53.0 Å². The molecule has 1 aliphatic rings. The fourth-order valence-corrected chi connectivity index (χ4v) is 2.50. The Labute approximate surface area is 123 Å². The van der Waals surface area contributed by atoms with Crippen molar-refractivity contribution >= 4 is 0 Å². The van der Waals surface area contributed by atoms with Crippen LogP contribution < -0.4 is 0 Å². The smallest absolute Gasteiger partial charge is 0.0978 e. The fraction of sp³-hybridized carbons (Fsp3) is 0.933. The van der Waals surface area contributed by atoms with Crippen LogP contribution in [0.15, 0.2) is 0 Å². The molecule has 0 N–H and O–H groups in total. The van der Waals surface area contributed by atoms with Gasteiger partial charge in [-0.15, -0.1) is 0 Å². The molecule has 0 radical (unpaired) electrons. The molecule has 1 rings (SSSR count). The highest BCUT2D eigenvalue weighted by Crippen LogP contribution is 2.10. The molecule has 1 fully saturated rings. The van der Waals surface area contributed by atoms with Crippen molar-refractivity contribution < 1.29 is 9.47 Å². The van der Waals surface area contributed by atoms with Gasteiger partial charge in [0.15, 0.2) is 0 Å². The third-order valence-corrected chi connectivity index (χ3v) is 3.75. The Morgan fingerprint density at radius 1 is 1.15 bits per heavy atom. The van der Waals surface area contributed by atoms with E-state index in [-0.39, 0.29) is 6.04 Å². The summed E-state index contributed by atoms with van der Waals surface area (Å²) in [5.41, 5.74) is 0. The van der Waals surface area contributed by atoms with E-state index >= 15 is 0 Å². The van der Waals surface area contributed by atoms with Gasteiger partial charge in [-0.05, 0) is 12.8 Å². The van der Waals surface area contributed by atoms with Crippen LogP contribution in [0.2, 0.25) is 0 Å². The van der Waals surface area contributed by atoms with E-state index in [1.165, 1.54) is 0 Å². The molecule has 116 valence electrons. The zero-order chi connectivity index (χ0) is 14.6. The number of hydrogen-bond donors (Lipinski definition) is 0. The van der Waals surface area contributed by atoms with Crippen molar-refractivity contribution in [3.63, 3.8) is 0 Å². The first kappa shape index (κ1) is 17.4. The molecule has 0 aliphatic carbocycles. The molecule has 1 heterocycles. The first-order valence-electron chi connectivity index (χ1n) is 7.74. The molecule has 0 aromatic carbocycles. The molecular formula is C15H29N3O2. The molecule has 0 bridgehead atoms. The zero-order valence-corrected chi connectivity index (χ0v) is 13.0. The van der Waals surface area contributed by atoms with Crippen LogP contribution in [0.25, 0.3) is 0 Å². The molecule has 5 heteroatoms. The third-order valence-electron chi connectivity index (χ3n) is 3.75. The van der Waals surface area contributed by atoms with Crippen molar-refractivity contribution in [1.29, 1.82) is 5.26 Å². The SMILES string of the molecule is CCCC(C#N)N1CCN(CCOCCCOC)CC1. The Balaban J connectivity index is 2.08. The van der Waals surface area contributed by atoms with E-state index in [0.29, 0.717) is 0 Å². The first-order chi connectivity index (χ1) is 9.81. The van der Waals surface area contributed by atoms with Crippen molar-refractivity contribution in [2.45, 2.75) is 32.2 Å². The number of nitrogens with zero attached hydrogens (tertiary/aromatic N) is 3. The van der Waals surface area contributed by atoms with E-state index in [1.54, 1.807) is 7.11 Å². The van der Waals surface area contributed by atoms with Gasteiger partial charge in [-0.2, -0.15) is 5.26 Å². The van der Waals surface area contributed by atoms with Gasteiger partial charge in [-0.25, -0.2) is 0 Å². The lowest BCUT2D eigenvalue weighted by Gasteiger charge is -2.36. The summed E-state index contributed by atoms with van der Waals surface area (Å²) < 4.78 is 10.6. The third kappa shape index (κ3) is 6.67. The normalized spacial score (nSPS) is 18.9. The minimum atomic E-state index is 0.104. The van der Waals surface area contributed by atoms with E-state index in [4.69, 9.17) is 9.47 Å². The van der Waals surface area contributed by atoms with Gasteiger partial charge in [0.2, 0.25) is 0 Å². The summed E-state index contributed by atoms with van der Waals surface area (Å²) in [6.07, 6.45) is 3.03. The lowest BCUT2D eigenvalue weighted by molar-refractivity contribution is 0.0594. The van der Waals surface area contributed by atoms with Gasteiger partial charge in [0.1, 0.15) is 0 Å². The average molecular weight is 283 g/mol. The predicted octanol–water partition coefficient (Wildman–Crippen LogP) is 1.35. The summed E-state index contributed by atoms with van der Waals surface area (Å²) in [6.45, 7) is 9.57. The molecule has 1 unspecified atom stereocenters. The highest BCUT2D eigenvalue weighted by molar-refractivity contribution is 4.93. The largest absolute Gasteiger partial charge is 0.385 e. The van der Waals surface area contributed by atoms with Gasteiger partial charge in [0.05, 0.1) is 18.7 Å². The fourth-order valence-electron chi connectivity index (χ4n) is 2.50. The quantitative estimate of drug-likeness (QED) is 0.566. The maximum atomic E-state index is 9.18. The number of piperazine rings is 1. The van der Waals surface area contributed by atoms with E-state index in [9.17, 15) is 5.26 Å². The molecule has 0 saturated carbocycles. The number of nitriles is 1. The number of hydrogen-bond acceptors (Lipinski definition) is 5. The van der Waals surface area contributed by atoms with E-state index in [1.807, 2.05) is 0 Å². The Kier molecular flexibility index (Phi) is 9.60. The Hall–Kier alpha value is -0.670. The van der Waals surface area contributed by atoms with Crippen molar-refractivity contribution in [3.8, 4) is 6.07 Å². The molecule has 1 aliphatic heterocycles. The predicted molar refractivity (Wildman–Crippen MR) is 79.6 cm³/mol. The van der Waals surface area contributed by atoms with Gasteiger partial charge < -0.3 is 9.47 Å². The molecule has 20 heavy (non-hydrogen) atoms. The van der Waals surface area contributed by atoms with Crippen LogP contribution in [0.3, 0.4) is 0 Å². The highest BCUT2D eigenvalue weighted by Gasteiger charge is 2.22. The molecule has 1 atom stereocenters. The molecular weight excluding hydrogens is 254 g/mol. The summed E-state index contributed by atoms with van der Waals surface area (Å²) in [5.74, 6) is 0. The summed E-state index contributed by atoms with van der Waals surface area (Å²) in [6, 6.07) is 2.53. The topological polar surface area (TPSA) is 48.7 Å². The lowest BCUT2D eigenvalue weighted by atomic mass is 10.1. The summed E-state index contributed by atoms with van der Waals surface area (Å²) >= 11 is 0. The second-order valence-electron chi connectivity index (χ2n) is 5.27. The molecule has 0 aromatic rings. The maximum Gasteiger partial charge on any atom is 0.0978 e. The van der Waals surface area contributed by atoms with E-state index in [2.05, 4.69) is 22.8 Å². The zero-order valence-electron chi connectivity index (χ0n) is 13.0. The van der Waals surface area contributed by atoms with E-state index in [0.717, 1.165) is 71.8 Å². The first-order valence-corrected chi connectivity index (χ1v) is 7.74. The van der Waals surface area contributed by atoms with Gasteiger partial charge in [-0.1, -0.05) is 13.3 Å².